The lowest BCUT2D eigenvalue weighted by Crippen LogP contribution is -2.25. The lowest BCUT2D eigenvalue weighted by Gasteiger charge is -2.19. The van der Waals surface area contributed by atoms with Gasteiger partial charge >= 0.3 is 0 Å². The number of hydrogen-bond donors (Lipinski definition) is 1. The zero-order valence-electron chi connectivity index (χ0n) is 13.6. The molecule has 1 N–H and O–H groups in total. The molecule has 24 heavy (non-hydrogen) atoms. The summed E-state index contributed by atoms with van der Waals surface area (Å²) in [5.74, 6) is -0.530. The molecule has 0 spiro atoms. The topological polar surface area (TPSA) is 89.3 Å². The van der Waals surface area contributed by atoms with Crippen molar-refractivity contribution in [2.45, 2.75) is 30.4 Å². The Morgan fingerprint density at radius 3 is 2.29 bits per heavy atom. The van der Waals surface area contributed by atoms with Crippen LogP contribution in [-0.4, -0.2) is 19.8 Å². The van der Waals surface area contributed by atoms with Crippen LogP contribution in [0.25, 0.3) is 0 Å². The van der Waals surface area contributed by atoms with Crippen LogP contribution in [-0.2, 0) is 10.8 Å². The number of rotatable bonds is 4. The van der Waals surface area contributed by atoms with Crippen LogP contribution in [0, 0.1) is 10.1 Å². The Bertz CT molecular complexity index is 798. The van der Waals surface area contributed by atoms with Crippen molar-refractivity contribution in [2.24, 2.45) is 0 Å². The minimum absolute atomic E-state index is 0.0429. The largest absolute Gasteiger partial charge is 0.322 e. The van der Waals surface area contributed by atoms with Crippen LogP contribution in [0.4, 0.5) is 11.4 Å². The van der Waals surface area contributed by atoms with E-state index in [0.717, 1.165) is 6.07 Å². The predicted octanol–water partition coefficient (Wildman–Crippen LogP) is 3.75. The first kappa shape index (κ1) is 17.8. The molecule has 2 aromatic carbocycles. The molecule has 1 amide bonds. The first-order valence-electron chi connectivity index (χ1n) is 7.27. The van der Waals surface area contributed by atoms with E-state index in [1.165, 1.54) is 12.1 Å². The van der Waals surface area contributed by atoms with Crippen molar-refractivity contribution >= 4 is 28.1 Å². The smallest absolute Gasteiger partial charge is 0.270 e. The average molecular weight is 346 g/mol. The van der Waals surface area contributed by atoms with Crippen LogP contribution in [0.15, 0.2) is 53.4 Å². The van der Waals surface area contributed by atoms with Crippen LogP contribution in [0.3, 0.4) is 0 Å². The van der Waals surface area contributed by atoms with Gasteiger partial charge in [-0.2, -0.15) is 0 Å². The number of hydrogen-bond acceptors (Lipinski definition) is 4. The van der Waals surface area contributed by atoms with E-state index in [0.29, 0.717) is 5.69 Å². The maximum absolute atomic E-state index is 12.7. The van der Waals surface area contributed by atoms with Gasteiger partial charge in [0.25, 0.3) is 11.6 Å². The van der Waals surface area contributed by atoms with Gasteiger partial charge in [0.05, 0.1) is 26.2 Å². The van der Waals surface area contributed by atoms with Gasteiger partial charge in [0.2, 0.25) is 0 Å². The second-order valence-corrected chi connectivity index (χ2v) is 8.34. The molecular formula is C17H18N2O4S. The van der Waals surface area contributed by atoms with Crippen molar-refractivity contribution in [3.05, 3.63) is 64.2 Å². The molecule has 0 bridgehead atoms. The van der Waals surface area contributed by atoms with Crippen LogP contribution >= 0.6 is 0 Å². The normalized spacial score (nSPS) is 12.5. The van der Waals surface area contributed by atoms with Crippen molar-refractivity contribution in [1.82, 2.24) is 0 Å². The van der Waals surface area contributed by atoms with E-state index in [-0.39, 0.29) is 16.1 Å². The van der Waals surface area contributed by atoms with E-state index in [4.69, 9.17) is 0 Å². The molecule has 2 rings (SSSR count). The number of amides is 1. The van der Waals surface area contributed by atoms with Gasteiger partial charge in [-0.1, -0.05) is 18.2 Å². The number of carbonyl (C=O) groups is 1. The summed E-state index contributed by atoms with van der Waals surface area (Å²) in [5, 5.41) is 13.7. The van der Waals surface area contributed by atoms with Crippen molar-refractivity contribution in [1.29, 1.82) is 0 Å². The maximum Gasteiger partial charge on any atom is 0.270 e. The molecule has 0 radical (unpaired) electrons. The molecule has 6 nitrogen and oxygen atoms in total. The Hall–Kier alpha value is -2.54. The number of para-hydroxylation sites is 1. The number of nitrogens with one attached hydrogen (secondary N) is 1. The summed E-state index contributed by atoms with van der Waals surface area (Å²) < 4.78 is 12.1. The molecule has 0 aliphatic carbocycles. The first-order valence-corrected chi connectivity index (χ1v) is 8.42. The summed E-state index contributed by atoms with van der Waals surface area (Å²) in [5.41, 5.74) is 0.380. The van der Waals surface area contributed by atoms with E-state index < -0.39 is 26.4 Å². The highest BCUT2D eigenvalue weighted by atomic mass is 32.2. The molecule has 0 aromatic heterocycles. The number of non-ortho nitro benzene ring substituents is 1. The number of anilines is 1. The fourth-order valence-electron chi connectivity index (χ4n) is 2.02. The Balaban J connectivity index is 2.48. The van der Waals surface area contributed by atoms with E-state index in [1.54, 1.807) is 45.0 Å². The van der Waals surface area contributed by atoms with Crippen molar-refractivity contribution in [3.8, 4) is 0 Å². The Kier molecular flexibility index (Phi) is 5.14. The third kappa shape index (κ3) is 4.05. The molecule has 0 saturated heterocycles. The highest BCUT2D eigenvalue weighted by Crippen LogP contribution is 2.27. The van der Waals surface area contributed by atoms with Crippen LogP contribution in [0.2, 0.25) is 0 Å². The molecule has 1 unspecified atom stereocenters. The van der Waals surface area contributed by atoms with Gasteiger partial charge in [0.15, 0.2) is 0 Å². The number of carbonyl (C=O) groups excluding carboxylic acids is 1. The summed E-state index contributed by atoms with van der Waals surface area (Å²) in [6.07, 6.45) is 0. The van der Waals surface area contributed by atoms with Gasteiger partial charge in [-0.3, -0.25) is 19.1 Å². The number of nitro groups is 1. The van der Waals surface area contributed by atoms with Gasteiger partial charge in [-0.15, -0.1) is 0 Å². The zero-order valence-corrected chi connectivity index (χ0v) is 14.4. The lowest BCUT2D eigenvalue weighted by molar-refractivity contribution is -0.384. The van der Waals surface area contributed by atoms with E-state index >= 15 is 0 Å². The molecular weight excluding hydrogens is 328 g/mol. The Labute approximate surface area is 142 Å². The summed E-state index contributed by atoms with van der Waals surface area (Å²) >= 11 is 0. The number of nitrogens with zero attached hydrogens (tertiary/aromatic N) is 1. The van der Waals surface area contributed by atoms with Crippen molar-refractivity contribution < 1.29 is 13.9 Å². The average Bonchev–Trinajstić information content (AvgIpc) is 2.53. The fraction of sp³-hybridized carbons (Fsp3) is 0.235. The SMILES string of the molecule is CC(C)(C)S(=O)c1ccc([N+](=O)[O-])cc1C(=O)Nc1ccccc1. The molecule has 0 heterocycles. The second kappa shape index (κ2) is 6.92. The quantitative estimate of drug-likeness (QED) is 0.674. The molecule has 0 fully saturated rings. The minimum Gasteiger partial charge on any atom is -0.322 e. The van der Waals surface area contributed by atoms with Crippen LogP contribution in [0.1, 0.15) is 31.1 Å². The molecule has 7 heteroatoms. The van der Waals surface area contributed by atoms with Gasteiger partial charge in [-0.05, 0) is 39.0 Å². The minimum atomic E-state index is -1.50. The first-order chi connectivity index (χ1) is 11.2. The fourth-order valence-corrected chi connectivity index (χ4v) is 3.22. The second-order valence-electron chi connectivity index (χ2n) is 6.14. The van der Waals surface area contributed by atoms with Gasteiger partial charge in [0.1, 0.15) is 0 Å². The summed E-state index contributed by atoms with van der Waals surface area (Å²) in [6, 6.07) is 12.6. The van der Waals surface area contributed by atoms with E-state index in [2.05, 4.69) is 5.32 Å². The van der Waals surface area contributed by atoms with Crippen molar-refractivity contribution in [3.63, 3.8) is 0 Å². The zero-order chi connectivity index (χ0) is 17.9. The monoisotopic (exact) mass is 346 g/mol. The lowest BCUT2D eigenvalue weighted by atomic mass is 10.2. The standard InChI is InChI=1S/C17H18N2O4S/c1-17(2,3)24(23)15-10-9-13(19(21)22)11-14(15)16(20)18-12-7-5-4-6-8-12/h4-11H,1-3H3,(H,18,20). The maximum atomic E-state index is 12.7. The van der Waals surface area contributed by atoms with E-state index in [1.807, 2.05) is 6.07 Å². The number of benzene rings is 2. The third-order valence-corrected chi connectivity index (χ3v) is 5.07. The van der Waals surface area contributed by atoms with E-state index in [9.17, 15) is 19.1 Å². The molecule has 126 valence electrons. The molecule has 0 saturated carbocycles. The molecule has 2 aromatic rings. The van der Waals surface area contributed by atoms with Gasteiger partial charge in [-0.25, -0.2) is 0 Å². The summed E-state index contributed by atoms with van der Waals surface area (Å²) in [6.45, 7) is 5.34. The van der Waals surface area contributed by atoms with Crippen molar-refractivity contribution in [2.75, 3.05) is 5.32 Å². The van der Waals surface area contributed by atoms with Gasteiger partial charge < -0.3 is 5.32 Å². The summed E-state index contributed by atoms with van der Waals surface area (Å²) in [4.78, 5) is 23.3. The number of nitro benzene ring substituents is 1. The third-order valence-electron chi connectivity index (χ3n) is 3.21. The predicted molar refractivity (Wildman–Crippen MR) is 93.7 cm³/mol. The van der Waals surface area contributed by atoms with Crippen LogP contribution in [0.5, 0.6) is 0 Å². The molecule has 0 aliphatic rings. The Morgan fingerprint density at radius 2 is 1.75 bits per heavy atom. The highest BCUT2D eigenvalue weighted by Gasteiger charge is 2.27. The molecule has 1 atom stereocenters. The Morgan fingerprint density at radius 1 is 1.12 bits per heavy atom. The highest BCUT2D eigenvalue weighted by molar-refractivity contribution is 7.86. The van der Waals surface area contributed by atoms with Crippen LogP contribution < -0.4 is 5.32 Å². The van der Waals surface area contributed by atoms with Gasteiger partial charge in [0, 0.05) is 22.6 Å². The summed E-state index contributed by atoms with van der Waals surface area (Å²) in [7, 11) is -1.50. The molecule has 0 aliphatic heterocycles.